The van der Waals surface area contributed by atoms with Gasteiger partial charge in [0, 0.05) is 19.6 Å². The van der Waals surface area contributed by atoms with Crippen LogP contribution >= 0.6 is 0 Å². The zero-order valence-electron chi connectivity index (χ0n) is 11.2. The van der Waals surface area contributed by atoms with Crippen molar-refractivity contribution in [2.75, 3.05) is 25.4 Å². The minimum absolute atomic E-state index is 0.271. The van der Waals surface area contributed by atoms with Gasteiger partial charge in [0.15, 0.2) is 17.7 Å². The first-order valence-electron chi connectivity index (χ1n) is 6.82. The number of nitrogens with two attached hydrogens (primary N) is 1. The molecule has 9 nitrogen and oxygen atoms in total. The van der Waals surface area contributed by atoms with Crippen LogP contribution in [0.5, 0.6) is 0 Å². The molecule has 4 rings (SSSR count). The topological polar surface area (TPSA) is 122 Å². The molecular weight excluding hydrogens is 276 g/mol. The van der Waals surface area contributed by atoms with E-state index in [1.165, 1.54) is 12.7 Å². The summed E-state index contributed by atoms with van der Waals surface area (Å²) in [7, 11) is 0. The van der Waals surface area contributed by atoms with Crippen LogP contribution in [-0.2, 0) is 4.74 Å². The third-order valence-corrected chi connectivity index (χ3v) is 3.98. The second kappa shape index (κ2) is 4.60. The lowest BCUT2D eigenvalue weighted by Gasteiger charge is -2.16. The average molecular weight is 292 g/mol. The molecule has 2 aromatic heterocycles. The monoisotopic (exact) mass is 292 g/mol. The first-order chi connectivity index (χ1) is 10.1. The molecule has 0 aromatic carbocycles. The molecule has 4 N–H and O–H groups in total. The van der Waals surface area contributed by atoms with Crippen molar-refractivity contribution in [2.24, 2.45) is 0 Å². The number of rotatable bonds is 3. The van der Waals surface area contributed by atoms with Crippen LogP contribution in [0.2, 0.25) is 0 Å². The molecule has 2 saturated heterocycles. The van der Waals surface area contributed by atoms with Crippen LogP contribution in [0, 0.1) is 0 Å². The Kier molecular flexibility index (Phi) is 2.82. The fraction of sp³-hybridized carbons (Fsp3) is 0.583. The Morgan fingerprint density at radius 3 is 2.81 bits per heavy atom. The Hall–Kier alpha value is -1.81. The third kappa shape index (κ3) is 2.05. The number of anilines is 1. The molecule has 0 bridgehead atoms. The standard InChI is InChI=1S/C12H16N6O3/c13-10-7-11(15-4-14-10)18(5-16-7)12-9(20)8(19)6(21-12)3-17-1-2-17/h4-6,8-9,12,19-20H,1-3H2,(H2,13,14,15)/t6-,8+,9+,12-/m1/s1. The molecular formula is C12H16N6O3. The molecule has 4 heterocycles. The highest BCUT2D eigenvalue weighted by Crippen LogP contribution is 2.32. The van der Waals surface area contributed by atoms with Gasteiger partial charge in [0.2, 0.25) is 0 Å². The number of ether oxygens (including phenoxy) is 1. The van der Waals surface area contributed by atoms with Crippen LogP contribution in [0.4, 0.5) is 5.82 Å². The molecule has 4 atom stereocenters. The van der Waals surface area contributed by atoms with E-state index in [4.69, 9.17) is 10.5 Å². The molecule has 2 fully saturated rings. The van der Waals surface area contributed by atoms with Gasteiger partial charge in [0.1, 0.15) is 30.2 Å². The SMILES string of the molecule is Nc1ncnc2c1ncn2[C@@H]1O[C@H](CN2CC2)[C@H](O)[C@@H]1O. The Morgan fingerprint density at radius 2 is 2.05 bits per heavy atom. The Bertz CT molecular complexity index is 672. The highest BCUT2D eigenvalue weighted by molar-refractivity contribution is 5.81. The summed E-state index contributed by atoms with van der Waals surface area (Å²) in [5, 5.41) is 20.4. The van der Waals surface area contributed by atoms with Gasteiger partial charge in [0.25, 0.3) is 0 Å². The van der Waals surface area contributed by atoms with Crippen LogP contribution in [0.1, 0.15) is 6.23 Å². The predicted octanol–water partition coefficient (Wildman–Crippen LogP) is -1.66. The first kappa shape index (κ1) is 12.9. The number of imidazole rings is 1. The van der Waals surface area contributed by atoms with E-state index in [0.29, 0.717) is 17.7 Å². The molecule has 9 heteroatoms. The van der Waals surface area contributed by atoms with Gasteiger partial charge < -0.3 is 20.7 Å². The fourth-order valence-electron chi connectivity index (χ4n) is 2.67. The minimum Gasteiger partial charge on any atom is -0.387 e. The minimum atomic E-state index is -1.04. The zero-order chi connectivity index (χ0) is 14.6. The largest absolute Gasteiger partial charge is 0.387 e. The van der Waals surface area contributed by atoms with Crippen LogP contribution in [0.15, 0.2) is 12.7 Å². The molecule has 0 spiro atoms. The van der Waals surface area contributed by atoms with Crippen molar-refractivity contribution < 1.29 is 14.9 Å². The quantitative estimate of drug-likeness (QED) is 0.575. The number of hydrogen-bond donors (Lipinski definition) is 3. The number of hydrogen-bond acceptors (Lipinski definition) is 8. The lowest BCUT2D eigenvalue weighted by Crippen LogP contribution is -2.35. The van der Waals surface area contributed by atoms with Crippen molar-refractivity contribution in [3.05, 3.63) is 12.7 Å². The second-order valence-corrected chi connectivity index (χ2v) is 5.43. The van der Waals surface area contributed by atoms with Gasteiger partial charge in [-0.25, -0.2) is 15.0 Å². The van der Waals surface area contributed by atoms with Crippen molar-refractivity contribution in [3.63, 3.8) is 0 Å². The van der Waals surface area contributed by atoms with Gasteiger partial charge in [-0.3, -0.25) is 9.47 Å². The van der Waals surface area contributed by atoms with Gasteiger partial charge in [-0.05, 0) is 0 Å². The van der Waals surface area contributed by atoms with E-state index in [2.05, 4.69) is 19.9 Å². The van der Waals surface area contributed by atoms with E-state index in [0.717, 1.165) is 13.1 Å². The summed E-state index contributed by atoms with van der Waals surface area (Å²) in [5.41, 5.74) is 6.68. The maximum Gasteiger partial charge on any atom is 0.167 e. The zero-order valence-corrected chi connectivity index (χ0v) is 11.2. The summed E-state index contributed by atoms with van der Waals surface area (Å²) in [6, 6.07) is 0. The predicted molar refractivity (Wildman–Crippen MR) is 72.1 cm³/mol. The third-order valence-electron chi connectivity index (χ3n) is 3.98. The second-order valence-electron chi connectivity index (χ2n) is 5.43. The van der Waals surface area contributed by atoms with Gasteiger partial charge >= 0.3 is 0 Å². The molecule has 112 valence electrons. The molecule has 2 aliphatic heterocycles. The highest BCUT2D eigenvalue weighted by Gasteiger charge is 2.45. The van der Waals surface area contributed by atoms with Crippen LogP contribution in [-0.4, -0.2) is 72.6 Å². The number of aliphatic hydroxyl groups excluding tert-OH is 2. The van der Waals surface area contributed by atoms with E-state index in [1.807, 2.05) is 0 Å². The first-order valence-corrected chi connectivity index (χ1v) is 6.82. The summed E-state index contributed by atoms with van der Waals surface area (Å²) < 4.78 is 7.40. The molecule has 2 aliphatic rings. The normalized spacial score (nSPS) is 32.9. The van der Waals surface area contributed by atoms with Crippen molar-refractivity contribution in [3.8, 4) is 0 Å². The molecule has 0 saturated carbocycles. The Labute approximate surface area is 120 Å². The lowest BCUT2D eigenvalue weighted by atomic mass is 10.1. The van der Waals surface area contributed by atoms with Crippen molar-refractivity contribution in [2.45, 2.75) is 24.5 Å². The van der Waals surface area contributed by atoms with E-state index in [-0.39, 0.29) is 5.82 Å². The van der Waals surface area contributed by atoms with Crippen molar-refractivity contribution in [1.29, 1.82) is 0 Å². The molecule has 0 aliphatic carbocycles. The van der Waals surface area contributed by atoms with Crippen LogP contribution in [0.25, 0.3) is 11.2 Å². The maximum absolute atomic E-state index is 10.2. The van der Waals surface area contributed by atoms with E-state index in [1.54, 1.807) is 4.57 Å². The number of nitrogen functional groups attached to an aromatic ring is 1. The van der Waals surface area contributed by atoms with Gasteiger partial charge in [-0.15, -0.1) is 0 Å². The molecule has 2 aromatic rings. The summed E-state index contributed by atoms with van der Waals surface area (Å²) in [5.74, 6) is 0.271. The summed E-state index contributed by atoms with van der Waals surface area (Å²) in [6.07, 6.45) is -0.305. The van der Waals surface area contributed by atoms with Gasteiger partial charge in [-0.2, -0.15) is 0 Å². The van der Waals surface area contributed by atoms with Crippen LogP contribution < -0.4 is 5.73 Å². The summed E-state index contributed by atoms with van der Waals surface area (Å²) >= 11 is 0. The molecule has 21 heavy (non-hydrogen) atoms. The molecule has 0 amide bonds. The lowest BCUT2D eigenvalue weighted by molar-refractivity contribution is -0.0375. The molecule has 0 radical (unpaired) electrons. The van der Waals surface area contributed by atoms with Gasteiger partial charge in [-0.1, -0.05) is 0 Å². The fourth-order valence-corrected chi connectivity index (χ4v) is 2.67. The maximum atomic E-state index is 10.2. The summed E-state index contributed by atoms with van der Waals surface area (Å²) in [6.45, 7) is 2.62. The van der Waals surface area contributed by atoms with Gasteiger partial charge in [0.05, 0.1) is 6.33 Å². The van der Waals surface area contributed by atoms with E-state index >= 15 is 0 Å². The number of aliphatic hydroxyl groups is 2. The number of fused-ring (bicyclic) bond motifs is 1. The molecule has 0 unspecified atom stereocenters. The van der Waals surface area contributed by atoms with E-state index < -0.39 is 24.5 Å². The Balaban J connectivity index is 1.66. The highest BCUT2D eigenvalue weighted by atomic mass is 16.6. The summed E-state index contributed by atoms with van der Waals surface area (Å²) in [4.78, 5) is 14.3. The Morgan fingerprint density at radius 1 is 1.24 bits per heavy atom. The van der Waals surface area contributed by atoms with Crippen molar-refractivity contribution >= 4 is 17.0 Å². The van der Waals surface area contributed by atoms with E-state index in [9.17, 15) is 10.2 Å². The average Bonchev–Trinajstić information content (AvgIpc) is 3.12. The van der Waals surface area contributed by atoms with Crippen LogP contribution in [0.3, 0.4) is 0 Å². The smallest absolute Gasteiger partial charge is 0.167 e. The number of nitrogens with zero attached hydrogens (tertiary/aromatic N) is 5. The number of aromatic nitrogens is 4. The van der Waals surface area contributed by atoms with Crippen molar-refractivity contribution in [1.82, 2.24) is 24.4 Å².